The van der Waals surface area contributed by atoms with Crippen molar-refractivity contribution in [2.75, 3.05) is 13.2 Å². The van der Waals surface area contributed by atoms with Gasteiger partial charge in [0.25, 0.3) is 5.91 Å². The number of esters is 1. The molecule has 1 N–H and O–H groups in total. The van der Waals surface area contributed by atoms with Crippen molar-refractivity contribution in [2.45, 2.75) is 46.0 Å². The standard InChI is InChI=1S/C20H25ClN4O3/c1-13-10-14(2)25(24-13)17-9-8-16(21)19(23-17)20(27)28-12-18(26)22-11-15-6-4-3-5-7-15/h8-10,15H,3-7,11-12H2,1-2H3,(H,22,26). The summed E-state index contributed by atoms with van der Waals surface area (Å²) < 4.78 is 6.73. The fourth-order valence-electron chi connectivity index (χ4n) is 3.45. The van der Waals surface area contributed by atoms with Crippen LogP contribution in [-0.4, -0.2) is 39.8 Å². The van der Waals surface area contributed by atoms with Crippen LogP contribution in [0.3, 0.4) is 0 Å². The average Bonchev–Trinajstić information content (AvgIpc) is 3.03. The van der Waals surface area contributed by atoms with Crippen molar-refractivity contribution in [3.8, 4) is 5.82 Å². The normalized spacial score (nSPS) is 14.7. The molecule has 3 rings (SSSR count). The minimum Gasteiger partial charge on any atom is -0.451 e. The van der Waals surface area contributed by atoms with Crippen molar-refractivity contribution >= 4 is 23.5 Å². The maximum absolute atomic E-state index is 12.4. The maximum atomic E-state index is 12.4. The lowest BCUT2D eigenvalue weighted by molar-refractivity contribution is -0.124. The second-order valence-corrected chi connectivity index (χ2v) is 7.63. The largest absolute Gasteiger partial charge is 0.451 e. The van der Waals surface area contributed by atoms with Crippen molar-refractivity contribution in [2.24, 2.45) is 5.92 Å². The van der Waals surface area contributed by atoms with Crippen LogP contribution in [-0.2, 0) is 9.53 Å². The van der Waals surface area contributed by atoms with E-state index in [2.05, 4.69) is 15.4 Å². The van der Waals surface area contributed by atoms with Crippen molar-refractivity contribution in [3.63, 3.8) is 0 Å². The van der Waals surface area contributed by atoms with Gasteiger partial charge < -0.3 is 10.1 Å². The predicted octanol–water partition coefficient (Wildman–Crippen LogP) is 3.39. The second-order valence-electron chi connectivity index (χ2n) is 7.22. The molecule has 1 fully saturated rings. The Morgan fingerprint density at radius 3 is 2.68 bits per heavy atom. The molecule has 0 radical (unpaired) electrons. The molecular formula is C20H25ClN4O3. The van der Waals surface area contributed by atoms with Crippen LogP contribution in [0.2, 0.25) is 5.02 Å². The van der Waals surface area contributed by atoms with Gasteiger partial charge in [-0.15, -0.1) is 0 Å². The summed E-state index contributed by atoms with van der Waals surface area (Å²) in [5, 5.41) is 7.35. The smallest absolute Gasteiger partial charge is 0.359 e. The zero-order chi connectivity index (χ0) is 20.1. The van der Waals surface area contributed by atoms with E-state index in [1.165, 1.54) is 19.3 Å². The number of nitrogens with one attached hydrogen (secondary N) is 1. The number of rotatable bonds is 6. The molecule has 8 heteroatoms. The summed E-state index contributed by atoms with van der Waals surface area (Å²) in [5.41, 5.74) is 1.69. The van der Waals surface area contributed by atoms with Gasteiger partial charge in [0.15, 0.2) is 18.1 Å². The number of carbonyl (C=O) groups excluding carboxylic acids is 2. The van der Waals surface area contributed by atoms with Gasteiger partial charge in [-0.1, -0.05) is 30.9 Å². The first-order valence-corrected chi connectivity index (χ1v) is 9.96. The molecule has 1 aliphatic rings. The Morgan fingerprint density at radius 1 is 1.25 bits per heavy atom. The Balaban J connectivity index is 1.58. The summed E-state index contributed by atoms with van der Waals surface area (Å²) in [6.45, 7) is 4.04. The number of hydrogen-bond acceptors (Lipinski definition) is 5. The molecule has 0 aromatic carbocycles. The van der Waals surface area contributed by atoms with Crippen LogP contribution in [0.25, 0.3) is 5.82 Å². The van der Waals surface area contributed by atoms with Crippen molar-refractivity contribution < 1.29 is 14.3 Å². The molecule has 1 saturated carbocycles. The highest BCUT2D eigenvalue weighted by molar-refractivity contribution is 6.33. The number of carbonyl (C=O) groups is 2. The number of aryl methyl sites for hydroxylation is 2. The zero-order valence-corrected chi connectivity index (χ0v) is 17.0. The summed E-state index contributed by atoms with van der Waals surface area (Å²) >= 11 is 6.11. The third-order valence-electron chi connectivity index (χ3n) is 4.90. The molecular weight excluding hydrogens is 380 g/mol. The molecule has 2 aromatic rings. The van der Waals surface area contributed by atoms with Gasteiger partial charge in [-0.2, -0.15) is 5.10 Å². The average molecular weight is 405 g/mol. The Bertz CT molecular complexity index is 859. The van der Waals surface area contributed by atoms with E-state index >= 15 is 0 Å². The molecule has 0 spiro atoms. The van der Waals surface area contributed by atoms with Crippen molar-refractivity contribution in [3.05, 3.63) is 40.3 Å². The zero-order valence-electron chi connectivity index (χ0n) is 16.2. The van der Waals surface area contributed by atoms with Gasteiger partial charge in [-0.05, 0) is 50.8 Å². The first-order chi connectivity index (χ1) is 13.4. The minimum atomic E-state index is -0.735. The van der Waals surface area contributed by atoms with Gasteiger partial charge in [0.1, 0.15) is 0 Å². The van der Waals surface area contributed by atoms with Gasteiger partial charge in [0.2, 0.25) is 0 Å². The topological polar surface area (TPSA) is 86.1 Å². The van der Waals surface area contributed by atoms with Crippen LogP contribution < -0.4 is 5.32 Å². The van der Waals surface area contributed by atoms with Crippen molar-refractivity contribution in [1.29, 1.82) is 0 Å². The molecule has 0 bridgehead atoms. The van der Waals surface area contributed by atoms with E-state index in [0.717, 1.165) is 24.2 Å². The van der Waals surface area contributed by atoms with Gasteiger partial charge in [-0.25, -0.2) is 14.5 Å². The molecule has 0 atom stereocenters. The predicted molar refractivity (Wildman–Crippen MR) is 106 cm³/mol. The second kappa shape index (κ2) is 9.19. The molecule has 2 heterocycles. The van der Waals surface area contributed by atoms with Crippen molar-refractivity contribution in [1.82, 2.24) is 20.1 Å². The molecule has 28 heavy (non-hydrogen) atoms. The van der Waals surface area contributed by atoms with E-state index in [9.17, 15) is 9.59 Å². The molecule has 0 unspecified atom stereocenters. The van der Waals surface area contributed by atoms with Crippen LogP contribution in [0.15, 0.2) is 18.2 Å². The maximum Gasteiger partial charge on any atom is 0.359 e. The van der Waals surface area contributed by atoms with E-state index in [0.29, 0.717) is 18.3 Å². The lowest BCUT2D eigenvalue weighted by Crippen LogP contribution is -2.33. The number of ether oxygens (including phenoxy) is 1. The Kier molecular flexibility index (Phi) is 6.67. The first kappa shape index (κ1) is 20.3. The third kappa shape index (κ3) is 5.10. The fraction of sp³-hybridized carbons (Fsp3) is 0.500. The third-order valence-corrected chi connectivity index (χ3v) is 5.20. The van der Waals surface area contributed by atoms with E-state index in [1.54, 1.807) is 16.8 Å². The van der Waals surface area contributed by atoms with E-state index in [1.807, 2.05) is 19.9 Å². The summed E-state index contributed by atoms with van der Waals surface area (Å²) in [7, 11) is 0. The molecule has 0 aliphatic heterocycles. The summed E-state index contributed by atoms with van der Waals surface area (Å²) in [4.78, 5) is 28.6. The quantitative estimate of drug-likeness (QED) is 0.746. The van der Waals surface area contributed by atoms with Crippen LogP contribution in [0, 0.1) is 19.8 Å². The number of amides is 1. The molecule has 1 amide bonds. The number of hydrogen-bond donors (Lipinski definition) is 1. The number of aromatic nitrogens is 3. The summed E-state index contributed by atoms with van der Waals surface area (Å²) in [6.07, 6.45) is 5.97. The van der Waals surface area contributed by atoms with Crippen LogP contribution in [0.5, 0.6) is 0 Å². The molecule has 0 saturated heterocycles. The summed E-state index contributed by atoms with van der Waals surface area (Å²) in [5.74, 6) is -0.0726. The lowest BCUT2D eigenvalue weighted by atomic mass is 9.89. The highest BCUT2D eigenvalue weighted by atomic mass is 35.5. The Labute approximate surface area is 169 Å². The SMILES string of the molecule is Cc1cc(C)n(-c2ccc(Cl)c(C(=O)OCC(=O)NCC3CCCCC3)n2)n1. The van der Waals surface area contributed by atoms with E-state index < -0.39 is 5.97 Å². The Morgan fingerprint density at radius 2 is 2.00 bits per heavy atom. The van der Waals surface area contributed by atoms with Gasteiger partial charge in [0.05, 0.1) is 10.7 Å². The van der Waals surface area contributed by atoms with Crippen LogP contribution >= 0.6 is 11.6 Å². The van der Waals surface area contributed by atoms with Gasteiger partial charge in [-0.3, -0.25) is 4.79 Å². The molecule has 1 aliphatic carbocycles. The lowest BCUT2D eigenvalue weighted by Gasteiger charge is -2.21. The minimum absolute atomic E-state index is 0.0354. The first-order valence-electron chi connectivity index (χ1n) is 9.58. The highest BCUT2D eigenvalue weighted by Crippen LogP contribution is 2.22. The molecule has 2 aromatic heterocycles. The van der Waals surface area contributed by atoms with E-state index in [4.69, 9.17) is 16.3 Å². The highest BCUT2D eigenvalue weighted by Gasteiger charge is 2.19. The Hall–Kier alpha value is -2.41. The monoisotopic (exact) mass is 404 g/mol. The van der Waals surface area contributed by atoms with Gasteiger partial charge >= 0.3 is 5.97 Å². The number of halogens is 1. The molecule has 7 nitrogen and oxygen atoms in total. The number of nitrogens with zero attached hydrogens (tertiary/aromatic N) is 3. The van der Waals surface area contributed by atoms with Crippen LogP contribution in [0.1, 0.15) is 54.0 Å². The summed E-state index contributed by atoms with van der Waals surface area (Å²) in [6, 6.07) is 5.15. The van der Waals surface area contributed by atoms with Crippen LogP contribution in [0.4, 0.5) is 0 Å². The molecule has 150 valence electrons. The van der Waals surface area contributed by atoms with E-state index in [-0.39, 0.29) is 23.2 Å². The number of pyridine rings is 1. The fourth-order valence-corrected chi connectivity index (χ4v) is 3.64. The van der Waals surface area contributed by atoms with Gasteiger partial charge in [0, 0.05) is 12.2 Å².